The van der Waals surface area contributed by atoms with Crippen LogP contribution in [0.3, 0.4) is 0 Å². The molecule has 1 aliphatic carbocycles. The lowest BCUT2D eigenvalue weighted by atomic mass is 9.89. The molecule has 1 saturated carbocycles. The molecule has 0 saturated heterocycles. The van der Waals surface area contributed by atoms with Crippen molar-refractivity contribution in [2.24, 2.45) is 11.8 Å². The maximum Gasteiger partial charge on any atom is 0.303 e. The van der Waals surface area contributed by atoms with E-state index in [0.717, 1.165) is 77.0 Å². The Morgan fingerprint density at radius 1 is 1.07 bits per heavy atom. The van der Waals surface area contributed by atoms with Gasteiger partial charge in [-0.25, -0.2) is 0 Å². The summed E-state index contributed by atoms with van der Waals surface area (Å²) in [5.41, 5.74) is 0. The molecule has 0 aliphatic heterocycles. The van der Waals surface area contributed by atoms with Crippen LogP contribution in [-0.4, -0.2) is 28.1 Å². The van der Waals surface area contributed by atoms with Crippen molar-refractivity contribution >= 4 is 11.8 Å². The minimum atomic E-state index is -0.701. The van der Waals surface area contributed by atoms with Gasteiger partial charge in [-0.05, 0) is 31.6 Å². The topological polar surface area (TPSA) is 74.6 Å². The SMILES string of the molecule is CCCCC[C@@H](O)/C=C/[C@H]1CCC(=O)[C@@H]1CCCCCCCCCC(=O)O. The number of rotatable bonds is 16. The van der Waals surface area contributed by atoms with Crippen molar-refractivity contribution in [3.63, 3.8) is 0 Å². The predicted molar refractivity (Wildman–Crippen MR) is 110 cm³/mol. The van der Waals surface area contributed by atoms with Gasteiger partial charge in [-0.1, -0.05) is 76.9 Å². The van der Waals surface area contributed by atoms with E-state index in [1.165, 1.54) is 6.42 Å². The van der Waals surface area contributed by atoms with Gasteiger partial charge in [-0.15, -0.1) is 0 Å². The van der Waals surface area contributed by atoms with E-state index in [1.54, 1.807) is 0 Å². The molecule has 0 aromatic carbocycles. The van der Waals surface area contributed by atoms with Crippen LogP contribution in [0.5, 0.6) is 0 Å². The summed E-state index contributed by atoms with van der Waals surface area (Å²) in [6.07, 6.45) is 18.2. The van der Waals surface area contributed by atoms with E-state index in [4.69, 9.17) is 5.11 Å². The fraction of sp³-hybridized carbons (Fsp3) is 0.826. The van der Waals surface area contributed by atoms with Crippen LogP contribution in [0.15, 0.2) is 12.2 Å². The maximum atomic E-state index is 12.2. The van der Waals surface area contributed by atoms with Gasteiger partial charge in [0.1, 0.15) is 5.78 Å². The highest BCUT2D eigenvalue weighted by Crippen LogP contribution is 2.34. The Balaban J connectivity index is 2.16. The van der Waals surface area contributed by atoms with E-state index in [1.807, 2.05) is 6.08 Å². The Bertz CT molecular complexity index is 444. The normalized spacial score (nSPS) is 21.2. The van der Waals surface area contributed by atoms with E-state index in [2.05, 4.69) is 13.0 Å². The highest BCUT2D eigenvalue weighted by Gasteiger charge is 2.32. The second kappa shape index (κ2) is 14.8. The zero-order valence-corrected chi connectivity index (χ0v) is 17.2. The summed E-state index contributed by atoms with van der Waals surface area (Å²) in [5.74, 6) is 0.168. The van der Waals surface area contributed by atoms with Crippen LogP contribution in [0.4, 0.5) is 0 Å². The first-order valence-corrected chi connectivity index (χ1v) is 11.2. The van der Waals surface area contributed by atoms with E-state index in [9.17, 15) is 14.7 Å². The molecule has 2 N–H and O–H groups in total. The van der Waals surface area contributed by atoms with Crippen LogP contribution in [-0.2, 0) is 9.59 Å². The van der Waals surface area contributed by atoms with Gasteiger partial charge in [0.15, 0.2) is 0 Å². The number of carboxylic acid groups (broad SMARTS) is 1. The van der Waals surface area contributed by atoms with Gasteiger partial charge < -0.3 is 10.2 Å². The molecule has 0 aromatic rings. The Morgan fingerprint density at radius 3 is 2.41 bits per heavy atom. The molecular formula is C23H40O4. The molecule has 4 heteroatoms. The van der Waals surface area contributed by atoms with Gasteiger partial charge in [0, 0.05) is 18.8 Å². The molecule has 1 aliphatic rings. The van der Waals surface area contributed by atoms with E-state index < -0.39 is 5.97 Å². The average Bonchev–Trinajstić information content (AvgIpc) is 2.98. The standard InChI is InChI=1S/C23H40O4/c1-2-3-9-12-20(24)17-15-19-16-18-22(25)21(19)13-10-7-5-4-6-8-11-14-23(26)27/h15,17,19-21,24H,2-14,16,18H2,1H3,(H,26,27)/b17-15+/t19-,20+,21+/m0/s1. The third kappa shape index (κ3) is 11.3. The molecule has 3 atom stereocenters. The van der Waals surface area contributed by atoms with Gasteiger partial charge in [0.25, 0.3) is 0 Å². The molecule has 0 aromatic heterocycles. The summed E-state index contributed by atoms with van der Waals surface area (Å²) >= 11 is 0. The summed E-state index contributed by atoms with van der Waals surface area (Å²) in [5, 5.41) is 18.7. The van der Waals surface area contributed by atoms with Crippen LogP contribution in [0.25, 0.3) is 0 Å². The van der Waals surface area contributed by atoms with Crippen LogP contribution in [0.1, 0.15) is 103 Å². The number of hydrogen-bond donors (Lipinski definition) is 2. The minimum absolute atomic E-state index is 0.152. The smallest absolute Gasteiger partial charge is 0.303 e. The summed E-state index contributed by atoms with van der Waals surface area (Å²) < 4.78 is 0. The van der Waals surface area contributed by atoms with Crippen LogP contribution in [0, 0.1) is 11.8 Å². The van der Waals surface area contributed by atoms with Crippen LogP contribution >= 0.6 is 0 Å². The molecule has 27 heavy (non-hydrogen) atoms. The van der Waals surface area contributed by atoms with Crippen molar-refractivity contribution in [2.75, 3.05) is 0 Å². The third-order valence-electron chi connectivity index (χ3n) is 5.74. The van der Waals surface area contributed by atoms with Gasteiger partial charge in [0.2, 0.25) is 0 Å². The number of ketones is 1. The number of aliphatic carboxylic acids is 1. The Labute approximate surface area is 165 Å². The predicted octanol–water partition coefficient (Wildman–Crippen LogP) is 5.67. The van der Waals surface area contributed by atoms with Gasteiger partial charge in [-0.3, -0.25) is 9.59 Å². The zero-order chi connectivity index (χ0) is 19.9. The van der Waals surface area contributed by atoms with Crippen molar-refractivity contribution in [1.29, 1.82) is 0 Å². The summed E-state index contributed by atoms with van der Waals surface area (Å²) in [6, 6.07) is 0. The molecular weight excluding hydrogens is 340 g/mol. The first kappa shape index (κ1) is 23.9. The number of unbranched alkanes of at least 4 members (excludes halogenated alkanes) is 8. The molecule has 0 unspecified atom stereocenters. The molecule has 0 bridgehead atoms. The molecule has 1 rings (SSSR count). The summed E-state index contributed by atoms with van der Waals surface area (Å²) in [4.78, 5) is 22.6. The lowest BCUT2D eigenvalue weighted by Gasteiger charge is -2.15. The highest BCUT2D eigenvalue weighted by atomic mass is 16.4. The maximum absolute atomic E-state index is 12.2. The van der Waals surface area contributed by atoms with E-state index >= 15 is 0 Å². The minimum Gasteiger partial charge on any atom is -0.481 e. The molecule has 1 fully saturated rings. The molecule has 0 heterocycles. The lowest BCUT2D eigenvalue weighted by molar-refractivity contribution is -0.137. The number of aliphatic hydroxyl groups excluding tert-OH is 1. The molecule has 0 spiro atoms. The van der Waals surface area contributed by atoms with Crippen molar-refractivity contribution in [1.82, 2.24) is 0 Å². The van der Waals surface area contributed by atoms with Gasteiger partial charge in [0.05, 0.1) is 6.10 Å². The van der Waals surface area contributed by atoms with Crippen LogP contribution in [0.2, 0.25) is 0 Å². The quantitative estimate of drug-likeness (QED) is 0.267. The van der Waals surface area contributed by atoms with Crippen LogP contribution < -0.4 is 0 Å². The number of hydrogen-bond acceptors (Lipinski definition) is 3. The van der Waals surface area contributed by atoms with E-state index in [-0.39, 0.29) is 18.4 Å². The fourth-order valence-electron chi connectivity index (χ4n) is 4.03. The molecule has 0 amide bonds. The number of Topliss-reactive ketones (excluding diaryl/α,β-unsaturated/α-hetero) is 1. The van der Waals surface area contributed by atoms with Crippen molar-refractivity contribution < 1.29 is 19.8 Å². The Kier molecular flexibility index (Phi) is 13.1. The third-order valence-corrected chi connectivity index (χ3v) is 5.74. The van der Waals surface area contributed by atoms with Crippen molar-refractivity contribution in [3.8, 4) is 0 Å². The lowest BCUT2D eigenvalue weighted by Crippen LogP contribution is -2.14. The first-order valence-electron chi connectivity index (χ1n) is 11.2. The Hall–Kier alpha value is -1.16. The zero-order valence-electron chi connectivity index (χ0n) is 17.2. The van der Waals surface area contributed by atoms with Gasteiger partial charge in [-0.2, -0.15) is 0 Å². The largest absolute Gasteiger partial charge is 0.481 e. The first-order chi connectivity index (χ1) is 13.0. The monoisotopic (exact) mass is 380 g/mol. The second-order valence-electron chi connectivity index (χ2n) is 8.13. The van der Waals surface area contributed by atoms with Crippen molar-refractivity contribution in [2.45, 2.75) is 109 Å². The number of carbonyl (C=O) groups is 2. The Morgan fingerprint density at radius 2 is 1.74 bits per heavy atom. The highest BCUT2D eigenvalue weighted by molar-refractivity contribution is 5.83. The summed E-state index contributed by atoms with van der Waals surface area (Å²) in [6.45, 7) is 2.16. The second-order valence-corrected chi connectivity index (χ2v) is 8.13. The average molecular weight is 381 g/mol. The van der Waals surface area contributed by atoms with E-state index in [0.29, 0.717) is 18.1 Å². The number of carboxylic acids is 1. The number of aliphatic hydroxyl groups is 1. The molecule has 0 radical (unpaired) electrons. The van der Waals surface area contributed by atoms with Crippen molar-refractivity contribution in [3.05, 3.63) is 12.2 Å². The number of carbonyl (C=O) groups excluding carboxylic acids is 1. The summed E-state index contributed by atoms with van der Waals surface area (Å²) in [7, 11) is 0. The fourth-order valence-corrected chi connectivity index (χ4v) is 4.03. The number of allylic oxidation sites excluding steroid dienone is 1. The molecule has 4 nitrogen and oxygen atoms in total. The van der Waals surface area contributed by atoms with Gasteiger partial charge >= 0.3 is 5.97 Å². The molecule has 156 valence electrons.